The van der Waals surface area contributed by atoms with E-state index in [9.17, 15) is 9.90 Å². The maximum absolute atomic E-state index is 10.9. The summed E-state index contributed by atoms with van der Waals surface area (Å²) in [6, 6.07) is 6.89. The summed E-state index contributed by atoms with van der Waals surface area (Å²) in [4.78, 5) is 12.6. The lowest BCUT2D eigenvalue weighted by Crippen LogP contribution is -2.20. The predicted octanol–water partition coefficient (Wildman–Crippen LogP) is 1.50. The third kappa shape index (κ3) is 1.87. The molecule has 0 saturated carbocycles. The average molecular weight is 231 g/mol. The fourth-order valence-corrected chi connectivity index (χ4v) is 1.75. The van der Waals surface area contributed by atoms with Crippen LogP contribution in [0.3, 0.4) is 0 Å². The molecule has 5 nitrogen and oxygen atoms in total. The second kappa shape index (κ2) is 4.29. The van der Waals surface area contributed by atoms with Gasteiger partial charge in [-0.1, -0.05) is 24.3 Å². The van der Waals surface area contributed by atoms with Crippen molar-refractivity contribution in [3.8, 4) is 0 Å². The van der Waals surface area contributed by atoms with Crippen molar-refractivity contribution in [3.63, 3.8) is 0 Å². The number of carbonyl (C=O) groups excluding carboxylic acids is 1. The Bertz CT molecular complexity index is 494. The Morgan fingerprint density at radius 1 is 1.35 bits per heavy atom. The van der Waals surface area contributed by atoms with E-state index in [0.717, 1.165) is 6.29 Å². The molecule has 0 spiro atoms. The van der Waals surface area contributed by atoms with E-state index >= 15 is 0 Å². The molecule has 0 aliphatic carbocycles. The van der Waals surface area contributed by atoms with Crippen LogP contribution in [0.25, 0.3) is 5.76 Å². The highest BCUT2D eigenvalue weighted by Crippen LogP contribution is 2.24. The highest BCUT2D eigenvalue weighted by molar-refractivity contribution is 5.84. The van der Waals surface area contributed by atoms with Crippen molar-refractivity contribution in [2.75, 3.05) is 14.1 Å². The molecule has 0 amide bonds. The maximum atomic E-state index is 10.9. The monoisotopic (exact) mass is 231 g/mol. The van der Waals surface area contributed by atoms with Crippen molar-refractivity contribution in [3.05, 3.63) is 41.2 Å². The van der Waals surface area contributed by atoms with Crippen molar-refractivity contribution >= 4 is 18.4 Å². The first-order chi connectivity index (χ1) is 8.15. The van der Waals surface area contributed by atoms with E-state index in [1.807, 2.05) is 0 Å². The Morgan fingerprint density at radius 3 is 2.65 bits per heavy atom. The van der Waals surface area contributed by atoms with Gasteiger partial charge in [-0.2, -0.15) is 5.10 Å². The van der Waals surface area contributed by atoms with E-state index in [1.165, 1.54) is 0 Å². The summed E-state index contributed by atoms with van der Waals surface area (Å²) in [5.41, 5.74) is 0.952. The quantitative estimate of drug-likeness (QED) is 0.619. The smallest absolute Gasteiger partial charge is 0.173 e. The van der Waals surface area contributed by atoms with Crippen LogP contribution in [-0.4, -0.2) is 41.7 Å². The second-order valence-electron chi connectivity index (χ2n) is 3.74. The van der Waals surface area contributed by atoms with Crippen LogP contribution in [0.5, 0.6) is 0 Å². The fourth-order valence-electron chi connectivity index (χ4n) is 1.75. The molecule has 0 saturated heterocycles. The summed E-state index contributed by atoms with van der Waals surface area (Å²) in [5.74, 6) is 0.578. The van der Waals surface area contributed by atoms with Crippen LogP contribution in [0, 0.1) is 0 Å². The summed E-state index contributed by atoms with van der Waals surface area (Å²) < 4.78 is 0. The Balaban J connectivity index is 2.53. The van der Waals surface area contributed by atoms with E-state index in [4.69, 9.17) is 0 Å². The van der Waals surface area contributed by atoms with Crippen molar-refractivity contribution in [1.29, 1.82) is 0 Å². The number of hydrogen-bond donors (Lipinski definition) is 1. The van der Waals surface area contributed by atoms with Crippen molar-refractivity contribution in [2.24, 2.45) is 5.10 Å². The predicted molar refractivity (Wildman–Crippen MR) is 65.4 cm³/mol. The lowest BCUT2D eigenvalue weighted by molar-refractivity contribution is 0.112. The molecular weight excluding hydrogens is 218 g/mol. The molecule has 2 rings (SSSR count). The number of hydrogen-bond acceptors (Lipinski definition) is 5. The van der Waals surface area contributed by atoms with Gasteiger partial charge in [0.1, 0.15) is 6.34 Å². The molecule has 0 fully saturated rings. The zero-order valence-corrected chi connectivity index (χ0v) is 9.66. The van der Waals surface area contributed by atoms with E-state index in [-0.39, 0.29) is 5.76 Å². The Kier molecular flexibility index (Phi) is 2.82. The molecule has 17 heavy (non-hydrogen) atoms. The molecule has 0 aromatic heterocycles. The summed E-state index contributed by atoms with van der Waals surface area (Å²) in [6.07, 6.45) is 2.32. The van der Waals surface area contributed by atoms with E-state index < -0.39 is 0 Å². The van der Waals surface area contributed by atoms with Gasteiger partial charge in [-0.3, -0.25) is 4.79 Å². The van der Waals surface area contributed by atoms with E-state index in [2.05, 4.69) is 5.10 Å². The van der Waals surface area contributed by atoms with Crippen molar-refractivity contribution < 1.29 is 9.90 Å². The molecule has 1 aliphatic heterocycles. The van der Waals surface area contributed by atoms with Gasteiger partial charge in [0.2, 0.25) is 0 Å². The van der Waals surface area contributed by atoms with Gasteiger partial charge in [-0.05, 0) is 0 Å². The number of rotatable bonds is 2. The third-order valence-corrected chi connectivity index (χ3v) is 2.59. The summed E-state index contributed by atoms with van der Waals surface area (Å²) in [7, 11) is 3.51. The molecule has 5 heteroatoms. The molecule has 88 valence electrons. The molecule has 1 aromatic carbocycles. The topological polar surface area (TPSA) is 56.1 Å². The van der Waals surface area contributed by atoms with Crippen LogP contribution in [0.1, 0.15) is 15.9 Å². The van der Waals surface area contributed by atoms with Gasteiger partial charge in [0.25, 0.3) is 0 Å². The molecule has 0 atom stereocenters. The van der Waals surface area contributed by atoms with Crippen molar-refractivity contribution in [2.45, 2.75) is 0 Å². The van der Waals surface area contributed by atoms with Gasteiger partial charge in [0.15, 0.2) is 17.9 Å². The molecule has 0 bridgehead atoms. The minimum absolute atomic E-state index is 0.0372. The summed E-state index contributed by atoms with van der Waals surface area (Å²) >= 11 is 0. The number of aldehydes is 1. The highest BCUT2D eigenvalue weighted by Gasteiger charge is 2.21. The lowest BCUT2D eigenvalue weighted by atomic mass is 10.1. The number of aliphatic hydroxyl groups is 1. The van der Waals surface area contributed by atoms with Crippen LogP contribution in [0.2, 0.25) is 0 Å². The van der Waals surface area contributed by atoms with Gasteiger partial charge in [0.05, 0.1) is 0 Å². The van der Waals surface area contributed by atoms with Crippen LogP contribution in [-0.2, 0) is 0 Å². The number of carbonyl (C=O) groups is 1. The van der Waals surface area contributed by atoms with Gasteiger partial charge in [-0.15, -0.1) is 0 Å². The lowest BCUT2D eigenvalue weighted by Gasteiger charge is -2.18. The second-order valence-corrected chi connectivity index (χ2v) is 3.74. The van der Waals surface area contributed by atoms with Gasteiger partial charge in [0, 0.05) is 25.2 Å². The molecule has 1 aliphatic rings. The Hall–Kier alpha value is -2.30. The summed E-state index contributed by atoms with van der Waals surface area (Å²) in [6.45, 7) is 0. The average Bonchev–Trinajstić information content (AvgIpc) is 2.68. The standard InChI is InChI=1S/C12H13N3O2/c1-14-8-13-15(2)12(14)11(17)10-6-4-3-5-9(10)7-16/h3-8,17H,1-2H3/b12-11-. The molecule has 1 N–H and O–H groups in total. The zero-order chi connectivity index (χ0) is 12.4. The molecular formula is C12H13N3O2. The van der Waals surface area contributed by atoms with Crippen LogP contribution in [0.15, 0.2) is 35.2 Å². The van der Waals surface area contributed by atoms with Gasteiger partial charge < -0.3 is 10.0 Å². The van der Waals surface area contributed by atoms with Crippen LogP contribution >= 0.6 is 0 Å². The number of hydrazone groups is 1. The molecule has 1 aromatic rings. The van der Waals surface area contributed by atoms with Gasteiger partial charge >= 0.3 is 0 Å². The minimum atomic E-state index is 0.0372. The van der Waals surface area contributed by atoms with Gasteiger partial charge in [-0.25, -0.2) is 5.01 Å². The number of nitrogens with zero attached hydrogens (tertiary/aromatic N) is 3. The Morgan fingerprint density at radius 2 is 2.06 bits per heavy atom. The Labute approximate surface area is 99.3 Å². The van der Waals surface area contributed by atoms with Crippen LogP contribution < -0.4 is 0 Å². The molecule has 0 unspecified atom stereocenters. The summed E-state index contributed by atoms with van der Waals surface area (Å²) in [5, 5.41) is 15.8. The first-order valence-corrected chi connectivity index (χ1v) is 5.13. The first kappa shape index (κ1) is 11.2. The minimum Gasteiger partial charge on any atom is -0.504 e. The first-order valence-electron chi connectivity index (χ1n) is 5.13. The van der Waals surface area contributed by atoms with E-state index in [1.54, 1.807) is 54.6 Å². The number of aliphatic hydroxyl groups excluding tert-OH is 1. The molecule has 1 heterocycles. The van der Waals surface area contributed by atoms with E-state index in [0.29, 0.717) is 16.9 Å². The SMILES string of the molecule is CN1C=NN(C)/C1=C(\O)c1ccccc1C=O. The highest BCUT2D eigenvalue weighted by atomic mass is 16.3. The van der Waals surface area contributed by atoms with Crippen LogP contribution in [0.4, 0.5) is 0 Å². The normalized spacial score (nSPS) is 17.5. The fraction of sp³-hybridized carbons (Fsp3) is 0.167. The zero-order valence-electron chi connectivity index (χ0n) is 9.66. The molecule has 0 radical (unpaired) electrons. The number of benzene rings is 1. The third-order valence-electron chi connectivity index (χ3n) is 2.59. The largest absolute Gasteiger partial charge is 0.504 e. The van der Waals surface area contributed by atoms with Crippen molar-refractivity contribution in [1.82, 2.24) is 9.91 Å². The maximum Gasteiger partial charge on any atom is 0.173 e.